The van der Waals surface area contributed by atoms with Crippen LogP contribution in [-0.2, 0) is 6.42 Å². The normalized spacial score (nSPS) is 15.8. The second-order valence-electron chi connectivity index (χ2n) is 7.58. The summed E-state index contributed by atoms with van der Waals surface area (Å²) in [5, 5.41) is 0. The van der Waals surface area contributed by atoms with Gasteiger partial charge in [0.15, 0.2) is 5.78 Å². The van der Waals surface area contributed by atoms with Crippen molar-refractivity contribution in [1.82, 2.24) is 0 Å². The van der Waals surface area contributed by atoms with E-state index >= 15 is 0 Å². The van der Waals surface area contributed by atoms with E-state index in [2.05, 4.69) is 45.9 Å². The Kier molecular flexibility index (Phi) is 4.40. The molecule has 0 amide bonds. The molecule has 0 N–H and O–H groups in total. The van der Waals surface area contributed by atoms with E-state index in [4.69, 9.17) is 4.99 Å². The molecule has 2 heteroatoms. The minimum Gasteiger partial charge on any atom is -0.294 e. The smallest absolute Gasteiger partial charge is 0.168 e. The zero-order valence-corrected chi connectivity index (χ0v) is 15.0. The van der Waals surface area contributed by atoms with Gasteiger partial charge >= 0.3 is 0 Å². The van der Waals surface area contributed by atoms with Crippen LogP contribution in [0.3, 0.4) is 0 Å². The summed E-state index contributed by atoms with van der Waals surface area (Å²) in [6.07, 6.45) is 1.28. The number of hydrogen-bond acceptors (Lipinski definition) is 2. The molecule has 1 aliphatic rings. The summed E-state index contributed by atoms with van der Waals surface area (Å²) in [5.41, 5.74) is 5.29. The highest BCUT2D eigenvalue weighted by Gasteiger charge is 2.28. The monoisotopic (exact) mass is 319 g/mol. The molecule has 0 fully saturated rings. The molecule has 3 rings (SSSR count). The zero-order valence-electron chi connectivity index (χ0n) is 15.0. The fourth-order valence-corrected chi connectivity index (χ4v) is 3.32. The molecule has 0 saturated heterocycles. The second-order valence-corrected chi connectivity index (χ2v) is 7.58. The number of Topliss-reactive ketones (excluding diaryl/α,β-unsaturated/α-hetero) is 1. The van der Waals surface area contributed by atoms with Gasteiger partial charge in [0.05, 0.1) is 17.7 Å². The quantitative estimate of drug-likeness (QED) is 0.712. The van der Waals surface area contributed by atoms with Crippen molar-refractivity contribution < 1.29 is 4.79 Å². The number of nitrogens with zero attached hydrogens (tertiary/aromatic N) is 1. The fraction of sp³-hybridized carbons (Fsp3) is 0.364. The summed E-state index contributed by atoms with van der Waals surface area (Å²) >= 11 is 0. The van der Waals surface area contributed by atoms with Gasteiger partial charge in [-0.2, -0.15) is 0 Å². The van der Waals surface area contributed by atoms with Crippen LogP contribution in [-0.4, -0.2) is 17.0 Å². The highest BCUT2D eigenvalue weighted by molar-refractivity contribution is 6.16. The third kappa shape index (κ3) is 3.48. The first-order valence-electron chi connectivity index (χ1n) is 8.66. The van der Waals surface area contributed by atoms with Crippen LogP contribution in [0.4, 0.5) is 0 Å². The van der Waals surface area contributed by atoms with Gasteiger partial charge in [-0.05, 0) is 48.9 Å². The average molecular weight is 319 g/mol. The van der Waals surface area contributed by atoms with E-state index in [1.165, 1.54) is 11.1 Å². The predicted molar refractivity (Wildman–Crippen MR) is 100 cm³/mol. The van der Waals surface area contributed by atoms with Crippen molar-refractivity contribution in [3.8, 4) is 0 Å². The topological polar surface area (TPSA) is 29.4 Å². The van der Waals surface area contributed by atoms with Gasteiger partial charge in [0.2, 0.25) is 0 Å². The number of benzene rings is 2. The Hall–Kier alpha value is -2.22. The third-order valence-electron chi connectivity index (χ3n) is 4.60. The van der Waals surface area contributed by atoms with Gasteiger partial charge < -0.3 is 0 Å². The van der Waals surface area contributed by atoms with Gasteiger partial charge in [-0.1, -0.05) is 56.3 Å². The summed E-state index contributed by atoms with van der Waals surface area (Å²) in [6, 6.07) is 16.2. The van der Waals surface area contributed by atoms with E-state index in [1.807, 2.05) is 30.3 Å². The summed E-state index contributed by atoms with van der Waals surface area (Å²) in [4.78, 5) is 17.6. The van der Waals surface area contributed by atoms with Crippen molar-refractivity contribution in [2.45, 2.75) is 52.0 Å². The van der Waals surface area contributed by atoms with Gasteiger partial charge in [-0.25, -0.2) is 0 Å². The first-order chi connectivity index (χ1) is 11.4. The molecule has 0 aliphatic carbocycles. The summed E-state index contributed by atoms with van der Waals surface area (Å²) in [5.74, 6) is 0.601. The third-order valence-corrected chi connectivity index (χ3v) is 4.60. The van der Waals surface area contributed by atoms with Crippen LogP contribution in [0.25, 0.3) is 0 Å². The van der Waals surface area contributed by atoms with Gasteiger partial charge in [-0.3, -0.25) is 9.79 Å². The largest absolute Gasteiger partial charge is 0.294 e. The van der Waals surface area contributed by atoms with Crippen LogP contribution in [0.15, 0.2) is 53.5 Å². The van der Waals surface area contributed by atoms with Crippen LogP contribution >= 0.6 is 0 Å². The maximum atomic E-state index is 12.7. The van der Waals surface area contributed by atoms with E-state index in [9.17, 15) is 4.79 Å². The molecule has 0 aromatic heterocycles. The lowest BCUT2D eigenvalue weighted by atomic mass is 9.83. The number of hydrogen-bond donors (Lipinski definition) is 0. The van der Waals surface area contributed by atoms with Crippen molar-refractivity contribution in [2.24, 2.45) is 4.99 Å². The molecule has 0 bridgehead atoms. The van der Waals surface area contributed by atoms with E-state index in [-0.39, 0.29) is 11.3 Å². The van der Waals surface area contributed by atoms with Crippen LogP contribution in [0.5, 0.6) is 0 Å². The molecule has 0 unspecified atom stereocenters. The average Bonchev–Trinajstić information content (AvgIpc) is 2.54. The van der Waals surface area contributed by atoms with Crippen molar-refractivity contribution in [1.29, 1.82) is 0 Å². The Morgan fingerprint density at radius 1 is 1.12 bits per heavy atom. The molecule has 2 aromatic carbocycles. The lowest BCUT2D eigenvalue weighted by Gasteiger charge is -2.29. The van der Waals surface area contributed by atoms with Gasteiger partial charge in [0.1, 0.15) is 0 Å². The standard InChI is InChI=1S/C22H25NO/c1-15(2)17-10-11-18-14-22(3,4)23-20(19(18)12-17)13-21(24)16-8-6-5-7-9-16/h5-12,15H,13-14H2,1-4H3. The molecule has 2 aromatic rings. The lowest BCUT2D eigenvalue weighted by molar-refractivity contribution is 0.100. The molecular formula is C22H25NO. The number of carbonyl (C=O) groups excluding carboxylic acids is 1. The number of fused-ring (bicyclic) bond motifs is 1. The molecule has 0 radical (unpaired) electrons. The summed E-state index contributed by atoms with van der Waals surface area (Å²) in [6.45, 7) is 8.67. The lowest BCUT2D eigenvalue weighted by Crippen LogP contribution is -2.30. The second kappa shape index (κ2) is 6.35. The van der Waals surface area contributed by atoms with E-state index in [1.54, 1.807) is 0 Å². The van der Waals surface area contributed by atoms with Gasteiger partial charge in [0.25, 0.3) is 0 Å². The number of rotatable bonds is 4. The first-order valence-corrected chi connectivity index (χ1v) is 8.66. The van der Waals surface area contributed by atoms with Crippen molar-refractivity contribution in [3.63, 3.8) is 0 Å². The number of aliphatic imine (C=N–C) groups is 1. The van der Waals surface area contributed by atoms with Crippen molar-refractivity contribution >= 4 is 11.5 Å². The number of carbonyl (C=O) groups is 1. The first kappa shape index (κ1) is 16.6. The SMILES string of the molecule is CC(C)c1ccc2c(c1)C(CC(=O)c1ccccc1)=NC(C)(C)C2. The maximum Gasteiger partial charge on any atom is 0.168 e. The molecule has 0 spiro atoms. The Balaban J connectivity index is 1.98. The highest BCUT2D eigenvalue weighted by atomic mass is 16.1. The Labute approximate surface area is 144 Å². The molecule has 2 nitrogen and oxygen atoms in total. The Morgan fingerprint density at radius 2 is 1.83 bits per heavy atom. The van der Waals surface area contributed by atoms with Crippen molar-refractivity contribution in [3.05, 3.63) is 70.8 Å². The minimum absolute atomic E-state index is 0.132. The van der Waals surface area contributed by atoms with E-state index in [0.717, 1.165) is 23.3 Å². The van der Waals surface area contributed by atoms with Crippen LogP contribution in [0, 0.1) is 0 Å². The maximum absolute atomic E-state index is 12.7. The van der Waals surface area contributed by atoms with Gasteiger partial charge in [-0.15, -0.1) is 0 Å². The van der Waals surface area contributed by atoms with Gasteiger partial charge in [0, 0.05) is 5.56 Å². The van der Waals surface area contributed by atoms with Crippen LogP contribution in [0.2, 0.25) is 0 Å². The van der Waals surface area contributed by atoms with Crippen LogP contribution < -0.4 is 0 Å². The van der Waals surface area contributed by atoms with Crippen LogP contribution in [0.1, 0.15) is 67.1 Å². The Morgan fingerprint density at radius 3 is 2.50 bits per heavy atom. The zero-order chi connectivity index (χ0) is 17.3. The number of ketones is 1. The molecule has 1 aliphatic heterocycles. The minimum atomic E-state index is -0.154. The summed E-state index contributed by atoms with van der Waals surface area (Å²) in [7, 11) is 0. The Bertz CT molecular complexity index is 785. The molecular weight excluding hydrogens is 294 g/mol. The molecule has 0 saturated carbocycles. The molecule has 1 heterocycles. The molecule has 24 heavy (non-hydrogen) atoms. The predicted octanol–water partition coefficient (Wildman–Crippen LogP) is 5.21. The fourth-order valence-electron chi connectivity index (χ4n) is 3.32. The van der Waals surface area contributed by atoms with E-state index in [0.29, 0.717) is 12.3 Å². The molecule has 124 valence electrons. The van der Waals surface area contributed by atoms with Crippen molar-refractivity contribution in [2.75, 3.05) is 0 Å². The molecule has 0 atom stereocenters. The van der Waals surface area contributed by atoms with E-state index < -0.39 is 0 Å². The summed E-state index contributed by atoms with van der Waals surface area (Å²) < 4.78 is 0. The highest BCUT2D eigenvalue weighted by Crippen LogP contribution is 2.30.